The van der Waals surface area contributed by atoms with E-state index in [1.54, 1.807) is 17.5 Å². The number of nitrogens with one attached hydrogen (secondary N) is 1. The van der Waals surface area contributed by atoms with Gasteiger partial charge in [0.25, 0.3) is 0 Å². The molecule has 1 unspecified atom stereocenters. The van der Waals surface area contributed by atoms with Crippen molar-refractivity contribution in [3.8, 4) is 0 Å². The van der Waals surface area contributed by atoms with Crippen molar-refractivity contribution >= 4 is 22.9 Å². The Balaban J connectivity index is 1.56. The van der Waals surface area contributed by atoms with Crippen LogP contribution in [0.2, 0.25) is 4.34 Å². The normalized spacial score (nSPS) is 18.5. The molecule has 0 saturated carbocycles. The van der Waals surface area contributed by atoms with Gasteiger partial charge in [0.1, 0.15) is 0 Å². The maximum Gasteiger partial charge on any atom is 0.0934 e. The molecule has 6 heteroatoms. The third-order valence-electron chi connectivity index (χ3n) is 3.05. The van der Waals surface area contributed by atoms with Gasteiger partial charge in [-0.25, -0.2) is 0 Å². The van der Waals surface area contributed by atoms with E-state index in [1.807, 2.05) is 10.9 Å². The van der Waals surface area contributed by atoms with Crippen molar-refractivity contribution < 1.29 is 0 Å². The first-order valence-corrected chi connectivity index (χ1v) is 6.88. The predicted octanol–water partition coefficient (Wildman–Crippen LogP) is 2.27. The Labute approximate surface area is 109 Å². The standard InChI is InChI=1S/C11H13ClN4S/c12-11-7-8-9(1-2-10(8)17-11)13-3-5-16-6-4-14-15-16/h4,6-7,9,13H,1-3,5H2. The van der Waals surface area contributed by atoms with Crippen molar-refractivity contribution in [3.63, 3.8) is 0 Å². The number of hydrogen-bond donors (Lipinski definition) is 1. The fraction of sp³-hybridized carbons (Fsp3) is 0.455. The zero-order chi connectivity index (χ0) is 11.7. The summed E-state index contributed by atoms with van der Waals surface area (Å²) in [4.78, 5) is 1.44. The number of hydrogen-bond acceptors (Lipinski definition) is 4. The first kappa shape index (κ1) is 11.2. The van der Waals surface area contributed by atoms with Gasteiger partial charge in [-0.15, -0.1) is 16.4 Å². The van der Waals surface area contributed by atoms with Crippen molar-refractivity contribution in [2.24, 2.45) is 0 Å². The lowest BCUT2D eigenvalue weighted by molar-refractivity contribution is 0.478. The highest BCUT2D eigenvalue weighted by Crippen LogP contribution is 2.39. The second-order valence-corrected chi connectivity index (χ2v) is 5.91. The summed E-state index contributed by atoms with van der Waals surface area (Å²) in [6.45, 7) is 1.75. The number of thiophene rings is 1. The summed E-state index contributed by atoms with van der Waals surface area (Å²) >= 11 is 7.74. The molecule has 0 radical (unpaired) electrons. The van der Waals surface area contributed by atoms with Gasteiger partial charge in [-0.2, -0.15) is 0 Å². The van der Waals surface area contributed by atoms with Gasteiger partial charge in [-0.3, -0.25) is 4.68 Å². The number of aromatic nitrogens is 3. The smallest absolute Gasteiger partial charge is 0.0934 e. The fourth-order valence-corrected chi connectivity index (χ4v) is 3.60. The third-order valence-corrected chi connectivity index (χ3v) is 4.39. The highest BCUT2D eigenvalue weighted by atomic mass is 35.5. The molecule has 1 aliphatic rings. The van der Waals surface area contributed by atoms with Crippen LogP contribution in [0.1, 0.15) is 22.9 Å². The van der Waals surface area contributed by atoms with E-state index in [4.69, 9.17) is 11.6 Å². The van der Waals surface area contributed by atoms with E-state index in [0.717, 1.165) is 23.8 Å². The Morgan fingerprint density at radius 3 is 3.35 bits per heavy atom. The van der Waals surface area contributed by atoms with Crippen LogP contribution < -0.4 is 5.32 Å². The molecule has 0 aliphatic heterocycles. The van der Waals surface area contributed by atoms with E-state index < -0.39 is 0 Å². The minimum Gasteiger partial charge on any atom is -0.308 e. The highest BCUT2D eigenvalue weighted by Gasteiger charge is 2.24. The maximum absolute atomic E-state index is 6.03. The lowest BCUT2D eigenvalue weighted by Crippen LogP contribution is -2.23. The zero-order valence-corrected chi connectivity index (χ0v) is 10.8. The molecule has 2 aromatic heterocycles. The van der Waals surface area contributed by atoms with E-state index in [1.165, 1.54) is 16.9 Å². The van der Waals surface area contributed by atoms with E-state index >= 15 is 0 Å². The zero-order valence-electron chi connectivity index (χ0n) is 9.27. The average Bonchev–Trinajstić information content (AvgIpc) is 2.97. The summed E-state index contributed by atoms with van der Waals surface area (Å²) < 4.78 is 2.74. The van der Waals surface area contributed by atoms with E-state index in [-0.39, 0.29) is 0 Å². The molecule has 1 aliphatic carbocycles. The summed E-state index contributed by atoms with van der Waals surface area (Å²) in [6, 6.07) is 2.55. The number of nitrogens with zero attached hydrogens (tertiary/aromatic N) is 3. The maximum atomic E-state index is 6.03. The molecule has 0 amide bonds. The second kappa shape index (κ2) is 4.76. The quantitative estimate of drug-likeness (QED) is 0.925. The second-order valence-electron chi connectivity index (χ2n) is 4.14. The molecule has 1 atom stereocenters. The summed E-state index contributed by atoms with van der Waals surface area (Å²) in [5, 5.41) is 11.3. The van der Waals surface area contributed by atoms with Crippen molar-refractivity contribution in [2.75, 3.05) is 6.54 Å². The molecule has 0 fully saturated rings. The molecule has 1 N–H and O–H groups in total. The SMILES string of the molecule is Clc1cc2c(s1)CCC2NCCn1ccnn1. The van der Waals surface area contributed by atoms with E-state index in [0.29, 0.717) is 6.04 Å². The average molecular weight is 269 g/mol. The summed E-state index contributed by atoms with van der Waals surface area (Å²) in [5.74, 6) is 0. The van der Waals surface area contributed by atoms with Crippen LogP contribution in [0, 0.1) is 0 Å². The third kappa shape index (κ3) is 2.36. The van der Waals surface area contributed by atoms with Crippen LogP contribution in [0.5, 0.6) is 0 Å². The molecular formula is C11H13ClN4S. The van der Waals surface area contributed by atoms with Crippen molar-refractivity contribution in [1.82, 2.24) is 20.3 Å². The Hall–Kier alpha value is -0.910. The molecular weight excluding hydrogens is 256 g/mol. The summed E-state index contributed by atoms with van der Waals surface area (Å²) in [7, 11) is 0. The molecule has 0 spiro atoms. The first-order chi connectivity index (χ1) is 8.33. The Kier molecular flexibility index (Phi) is 3.13. The van der Waals surface area contributed by atoms with Gasteiger partial charge >= 0.3 is 0 Å². The van der Waals surface area contributed by atoms with E-state index in [2.05, 4.69) is 21.7 Å². The van der Waals surface area contributed by atoms with Gasteiger partial charge in [0.2, 0.25) is 0 Å². The van der Waals surface area contributed by atoms with E-state index in [9.17, 15) is 0 Å². The van der Waals surface area contributed by atoms with Gasteiger partial charge in [-0.1, -0.05) is 16.8 Å². The van der Waals surface area contributed by atoms with Crippen molar-refractivity contribution in [1.29, 1.82) is 0 Å². The minimum atomic E-state index is 0.456. The van der Waals surface area contributed by atoms with Gasteiger partial charge in [0.15, 0.2) is 0 Å². The van der Waals surface area contributed by atoms with Crippen LogP contribution in [0.4, 0.5) is 0 Å². The molecule has 90 valence electrons. The number of halogens is 1. The fourth-order valence-electron chi connectivity index (χ4n) is 2.25. The first-order valence-electron chi connectivity index (χ1n) is 5.68. The minimum absolute atomic E-state index is 0.456. The van der Waals surface area contributed by atoms with Crippen LogP contribution in [-0.4, -0.2) is 21.5 Å². The molecule has 3 rings (SSSR count). The molecule has 2 aromatic rings. The van der Waals surface area contributed by atoms with Gasteiger partial charge < -0.3 is 5.32 Å². The lowest BCUT2D eigenvalue weighted by Gasteiger charge is -2.12. The van der Waals surface area contributed by atoms with Crippen molar-refractivity contribution in [2.45, 2.75) is 25.4 Å². The number of fused-ring (bicyclic) bond motifs is 1. The summed E-state index contributed by atoms with van der Waals surface area (Å²) in [6.07, 6.45) is 5.90. The predicted molar refractivity (Wildman–Crippen MR) is 68.4 cm³/mol. The highest BCUT2D eigenvalue weighted by molar-refractivity contribution is 7.16. The molecule has 0 saturated heterocycles. The molecule has 17 heavy (non-hydrogen) atoms. The Morgan fingerprint density at radius 2 is 2.53 bits per heavy atom. The van der Waals surface area contributed by atoms with Crippen LogP contribution in [0.25, 0.3) is 0 Å². The lowest BCUT2D eigenvalue weighted by atomic mass is 10.2. The van der Waals surface area contributed by atoms with Crippen LogP contribution in [0.15, 0.2) is 18.5 Å². The topological polar surface area (TPSA) is 42.7 Å². The van der Waals surface area contributed by atoms with Gasteiger partial charge in [0, 0.05) is 23.7 Å². The van der Waals surface area contributed by atoms with Crippen molar-refractivity contribution in [3.05, 3.63) is 33.2 Å². The van der Waals surface area contributed by atoms with Crippen LogP contribution >= 0.6 is 22.9 Å². The van der Waals surface area contributed by atoms with Crippen LogP contribution in [0.3, 0.4) is 0 Å². The summed E-state index contributed by atoms with van der Waals surface area (Å²) in [5.41, 5.74) is 1.39. The number of aryl methyl sites for hydroxylation is 1. The van der Waals surface area contributed by atoms with Gasteiger partial charge in [0.05, 0.1) is 17.1 Å². The Morgan fingerprint density at radius 1 is 1.59 bits per heavy atom. The molecule has 4 nitrogen and oxygen atoms in total. The monoisotopic (exact) mass is 268 g/mol. The largest absolute Gasteiger partial charge is 0.308 e. The molecule has 0 bridgehead atoms. The van der Waals surface area contributed by atoms with Crippen LogP contribution in [-0.2, 0) is 13.0 Å². The molecule has 2 heterocycles. The van der Waals surface area contributed by atoms with Gasteiger partial charge in [-0.05, 0) is 24.5 Å². The Bertz CT molecular complexity index is 494. The molecule has 0 aromatic carbocycles. The number of rotatable bonds is 4.